The Morgan fingerprint density at radius 3 is 1.35 bits per heavy atom. The summed E-state index contributed by atoms with van der Waals surface area (Å²) in [6.07, 6.45) is 34.8. The molecule has 2 rings (SSSR count). The molecule has 15 nitrogen and oxygen atoms in total. The van der Waals surface area contributed by atoms with Gasteiger partial charge in [0, 0.05) is 12.8 Å². The first-order valence-electron chi connectivity index (χ1n) is 23.9. The van der Waals surface area contributed by atoms with Gasteiger partial charge in [0.1, 0.15) is 55.4 Å². The number of aliphatic hydroxyl groups excluding tert-OH is 7. The summed E-state index contributed by atoms with van der Waals surface area (Å²) >= 11 is 0. The van der Waals surface area contributed by atoms with E-state index in [-0.39, 0.29) is 19.4 Å². The summed E-state index contributed by atoms with van der Waals surface area (Å²) in [5, 5.41) is 72.0. The number of esters is 2. The lowest BCUT2D eigenvalue weighted by Gasteiger charge is -2.42. The van der Waals surface area contributed by atoms with Gasteiger partial charge in [-0.3, -0.25) is 9.59 Å². The summed E-state index contributed by atoms with van der Waals surface area (Å²) in [5.74, 6) is -1.04. The van der Waals surface area contributed by atoms with Crippen LogP contribution in [0.1, 0.15) is 90.9 Å². The van der Waals surface area contributed by atoms with E-state index in [1.54, 1.807) is 0 Å². The molecule has 0 aromatic carbocycles. The van der Waals surface area contributed by atoms with Crippen LogP contribution < -0.4 is 0 Å². The highest BCUT2D eigenvalue weighted by Gasteiger charge is 2.47. The summed E-state index contributed by atoms with van der Waals surface area (Å²) < 4.78 is 33.4. The van der Waals surface area contributed by atoms with Crippen molar-refractivity contribution in [2.75, 3.05) is 26.4 Å². The van der Waals surface area contributed by atoms with Crippen molar-refractivity contribution in [1.29, 1.82) is 0 Å². The van der Waals surface area contributed by atoms with E-state index in [1.807, 2.05) is 109 Å². The van der Waals surface area contributed by atoms with Gasteiger partial charge in [-0.25, -0.2) is 0 Å². The van der Waals surface area contributed by atoms with Gasteiger partial charge < -0.3 is 64.2 Å². The minimum absolute atomic E-state index is 0.0983. The Morgan fingerprint density at radius 2 is 0.882 bits per heavy atom. The number of allylic oxidation sites excluding steroid dienone is 22. The van der Waals surface area contributed by atoms with E-state index >= 15 is 0 Å². The number of hydrogen-bond donors (Lipinski definition) is 7. The summed E-state index contributed by atoms with van der Waals surface area (Å²) in [7, 11) is 0. The normalized spacial score (nSPS) is 27.0. The van der Waals surface area contributed by atoms with E-state index in [0.717, 1.165) is 51.4 Å². The molecule has 68 heavy (non-hydrogen) atoms. The summed E-state index contributed by atoms with van der Waals surface area (Å²) in [5.41, 5.74) is 0. The van der Waals surface area contributed by atoms with Gasteiger partial charge in [-0.1, -0.05) is 160 Å². The van der Waals surface area contributed by atoms with Crippen molar-refractivity contribution in [1.82, 2.24) is 0 Å². The van der Waals surface area contributed by atoms with Crippen LogP contribution in [0.5, 0.6) is 0 Å². The molecule has 0 amide bonds. The van der Waals surface area contributed by atoms with Gasteiger partial charge in [0.15, 0.2) is 18.7 Å². The summed E-state index contributed by atoms with van der Waals surface area (Å²) in [4.78, 5) is 25.7. The van der Waals surface area contributed by atoms with Crippen LogP contribution in [0, 0.1) is 0 Å². The minimum Gasteiger partial charge on any atom is -0.462 e. The smallest absolute Gasteiger partial charge is 0.306 e. The van der Waals surface area contributed by atoms with E-state index in [2.05, 4.69) is 38.2 Å². The Morgan fingerprint density at radius 1 is 0.471 bits per heavy atom. The summed E-state index contributed by atoms with van der Waals surface area (Å²) in [6.45, 7) is 2.15. The molecule has 2 aliphatic heterocycles. The fourth-order valence-corrected chi connectivity index (χ4v) is 6.50. The predicted molar refractivity (Wildman–Crippen MR) is 260 cm³/mol. The number of aliphatic hydroxyl groups is 7. The lowest BCUT2D eigenvalue weighted by atomic mass is 9.98. The molecule has 2 fully saturated rings. The molecule has 11 atom stereocenters. The second-order valence-electron chi connectivity index (χ2n) is 16.1. The molecule has 0 saturated carbocycles. The number of unbranched alkanes of at least 4 members (excludes halogenated alkanes) is 6. The standard InChI is InChI=1S/C53H78O15/c1-3-5-7-9-11-13-15-17-18-19-20-21-22-24-25-27-29-31-33-35-44(55)63-38-41(66-45(56)36-34-32-30-28-26-23-16-14-12-10-8-6-4-2)39-64-52-51(62)49(60)47(58)43(68-52)40-65-53-50(61)48(59)46(57)42(37-54)67-53/h5-26,41-43,46-54,57-62H,3-4,27-40H2,1-2H3/b7-5+,8-6+,11-9+,12-10+,15-13+,16-14+,18-17+,20-19+,22-21+,25-24+,26-23+/t41?,42-,43-,46+,47+,48?,49?,50?,51?,52-,53-/m1/s1. The maximum absolute atomic E-state index is 12.9. The molecule has 5 unspecified atom stereocenters. The van der Waals surface area contributed by atoms with Crippen molar-refractivity contribution in [3.63, 3.8) is 0 Å². The molecule has 7 N–H and O–H groups in total. The van der Waals surface area contributed by atoms with Crippen molar-refractivity contribution in [3.8, 4) is 0 Å². The van der Waals surface area contributed by atoms with Crippen molar-refractivity contribution in [3.05, 3.63) is 134 Å². The van der Waals surface area contributed by atoms with E-state index < -0.39 is 99.3 Å². The third kappa shape index (κ3) is 26.4. The molecule has 0 aliphatic carbocycles. The Bertz CT molecular complexity index is 1690. The van der Waals surface area contributed by atoms with Gasteiger partial charge in [-0.15, -0.1) is 0 Å². The number of carbonyl (C=O) groups is 2. The van der Waals surface area contributed by atoms with Crippen LogP contribution in [0.2, 0.25) is 0 Å². The number of carbonyl (C=O) groups excluding carboxylic acids is 2. The molecule has 2 saturated heterocycles. The van der Waals surface area contributed by atoms with Crippen LogP contribution in [0.4, 0.5) is 0 Å². The molecule has 0 spiro atoms. The van der Waals surface area contributed by atoms with Crippen molar-refractivity contribution >= 4 is 11.9 Å². The topological polar surface area (TPSA) is 231 Å². The number of rotatable bonds is 33. The fraction of sp³-hybridized carbons (Fsp3) is 0.547. The lowest BCUT2D eigenvalue weighted by molar-refractivity contribution is -0.332. The molecule has 380 valence electrons. The van der Waals surface area contributed by atoms with Crippen molar-refractivity contribution in [2.24, 2.45) is 0 Å². The first kappa shape index (κ1) is 59.8. The zero-order chi connectivity index (χ0) is 49.6. The predicted octanol–water partition coefficient (Wildman–Crippen LogP) is 5.92. The Kier molecular flexibility index (Phi) is 33.8. The van der Waals surface area contributed by atoms with Crippen LogP contribution in [0.25, 0.3) is 0 Å². The minimum atomic E-state index is -1.79. The first-order chi connectivity index (χ1) is 33.0. The van der Waals surface area contributed by atoms with E-state index in [4.69, 9.17) is 28.4 Å². The maximum Gasteiger partial charge on any atom is 0.306 e. The number of hydrogen-bond acceptors (Lipinski definition) is 15. The molecular weight excluding hydrogens is 877 g/mol. The highest BCUT2D eigenvalue weighted by molar-refractivity contribution is 5.70. The molecule has 2 heterocycles. The van der Waals surface area contributed by atoms with Crippen molar-refractivity contribution < 1.29 is 73.8 Å². The van der Waals surface area contributed by atoms with Crippen LogP contribution in [0.3, 0.4) is 0 Å². The summed E-state index contributed by atoms with van der Waals surface area (Å²) in [6, 6.07) is 0. The van der Waals surface area contributed by atoms with Crippen LogP contribution in [0.15, 0.2) is 134 Å². The zero-order valence-corrected chi connectivity index (χ0v) is 39.8. The fourth-order valence-electron chi connectivity index (χ4n) is 6.50. The maximum atomic E-state index is 12.9. The lowest BCUT2D eigenvalue weighted by Crippen LogP contribution is -2.61. The van der Waals surface area contributed by atoms with Crippen LogP contribution >= 0.6 is 0 Å². The molecule has 2 aliphatic rings. The third-order valence-corrected chi connectivity index (χ3v) is 10.4. The second-order valence-corrected chi connectivity index (χ2v) is 16.1. The van der Waals surface area contributed by atoms with Gasteiger partial charge in [-0.05, 0) is 51.4 Å². The average molecular weight is 955 g/mol. The Hall–Kier alpha value is -4.36. The SMILES string of the molecule is CC/C=C/C=C/C=C/C=C/C=C/C=C/C=C/CCCCCC(=O)OCC(CO[C@@H]1O[C@H](CO[C@@H]2O[C@H](CO)[C@H](O)C(O)C2O)[C@H](O)C(O)C1O)OC(=O)CCCCC/C=C/C=C/C=C/C=C/CC. The average Bonchev–Trinajstić information content (AvgIpc) is 3.33. The van der Waals surface area contributed by atoms with Gasteiger partial charge in [0.05, 0.1) is 19.8 Å². The third-order valence-electron chi connectivity index (χ3n) is 10.4. The molecule has 0 aromatic heterocycles. The molecule has 0 radical (unpaired) electrons. The highest BCUT2D eigenvalue weighted by Crippen LogP contribution is 2.26. The van der Waals surface area contributed by atoms with Crippen LogP contribution in [-0.4, -0.2) is 142 Å². The highest BCUT2D eigenvalue weighted by atomic mass is 16.7. The largest absolute Gasteiger partial charge is 0.462 e. The molecule has 15 heteroatoms. The number of ether oxygens (including phenoxy) is 6. The van der Waals surface area contributed by atoms with E-state index in [9.17, 15) is 45.3 Å². The van der Waals surface area contributed by atoms with Gasteiger partial charge >= 0.3 is 11.9 Å². The van der Waals surface area contributed by atoms with Crippen LogP contribution in [-0.2, 0) is 38.0 Å². The molecule has 0 aromatic rings. The Labute approximate surface area is 403 Å². The Balaban J connectivity index is 1.88. The quantitative estimate of drug-likeness (QED) is 0.0230. The van der Waals surface area contributed by atoms with Gasteiger partial charge in [0.2, 0.25) is 0 Å². The van der Waals surface area contributed by atoms with Gasteiger partial charge in [0.25, 0.3) is 0 Å². The molecular formula is C53H78O15. The monoisotopic (exact) mass is 955 g/mol. The van der Waals surface area contributed by atoms with Crippen molar-refractivity contribution in [2.45, 2.75) is 158 Å². The first-order valence-corrected chi connectivity index (χ1v) is 23.9. The van der Waals surface area contributed by atoms with E-state index in [1.165, 1.54) is 0 Å². The zero-order valence-electron chi connectivity index (χ0n) is 39.8. The molecule has 0 bridgehead atoms. The van der Waals surface area contributed by atoms with E-state index in [0.29, 0.717) is 12.8 Å². The second kappa shape index (κ2) is 38.5. The van der Waals surface area contributed by atoms with Gasteiger partial charge in [-0.2, -0.15) is 0 Å².